The van der Waals surface area contributed by atoms with Gasteiger partial charge in [-0.05, 0) is 43.6 Å². The lowest BCUT2D eigenvalue weighted by atomic mass is 10.0. The van der Waals surface area contributed by atoms with Gasteiger partial charge in [0.1, 0.15) is 11.9 Å². The lowest BCUT2D eigenvalue weighted by molar-refractivity contribution is -0.140. The lowest BCUT2D eigenvalue weighted by Gasteiger charge is -2.34. The normalized spacial score (nSPS) is 19.5. The molecular weight excluding hydrogens is 394 g/mol. The van der Waals surface area contributed by atoms with Gasteiger partial charge in [0.05, 0.1) is 32.5 Å². The number of morpholine rings is 1. The van der Waals surface area contributed by atoms with Crippen LogP contribution in [0.15, 0.2) is 30.5 Å². The third kappa shape index (κ3) is 4.97. The number of nitrogens with zero attached hydrogens (tertiary/aromatic N) is 5. The average Bonchev–Trinajstić information content (AvgIpc) is 3.31. The number of aromatic nitrogens is 2. The number of hydrogen-bond donors (Lipinski definition) is 0. The minimum absolute atomic E-state index is 0.167. The lowest BCUT2D eigenvalue weighted by Crippen LogP contribution is -2.46. The van der Waals surface area contributed by atoms with E-state index in [4.69, 9.17) is 14.5 Å². The van der Waals surface area contributed by atoms with E-state index in [2.05, 4.69) is 9.88 Å². The summed E-state index contributed by atoms with van der Waals surface area (Å²) in [6.45, 7) is 4.11. The zero-order chi connectivity index (χ0) is 21.8. The average molecular weight is 426 g/mol. The Labute approximate surface area is 183 Å². The highest BCUT2D eigenvalue weighted by molar-refractivity contribution is 5.78. The number of hydrogen-bond acceptors (Lipinski definition) is 7. The summed E-state index contributed by atoms with van der Waals surface area (Å²) in [7, 11) is 5.48. The van der Waals surface area contributed by atoms with Crippen molar-refractivity contribution in [1.29, 1.82) is 0 Å². The molecule has 3 heterocycles. The van der Waals surface area contributed by atoms with Crippen LogP contribution in [0.1, 0.15) is 24.6 Å². The first kappa shape index (κ1) is 21.5. The van der Waals surface area contributed by atoms with Gasteiger partial charge in [0.15, 0.2) is 0 Å². The Kier molecular flexibility index (Phi) is 6.67. The summed E-state index contributed by atoms with van der Waals surface area (Å²) in [5.74, 6) is 1.55. The largest absolute Gasteiger partial charge is 0.497 e. The molecule has 0 saturated carbocycles. The van der Waals surface area contributed by atoms with Crippen LogP contribution in [0.25, 0.3) is 11.1 Å². The molecule has 0 bridgehead atoms. The molecule has 8 heteroatoms. The molecule has 2 aliphatic heterocycles. The molecule has 4 rings (SSSR count). The van der Waals surface area contributed by atoms with Gasteiger partial charge in [-0.3, -0.25) is 9.69 Å². The van der Waals surface area contributed by atoms with Crippen molar-refractivity contribution in [2.75, 3.05) is 65.4 Å². The van der Waals surface area contributed by atoms with Gasteiger partial charge in [0.2, 0.25) is 11.9 Å². The van der Waals surface area contributed by atoms with Crippen molar-refractivity contribution in [3.63, 3.8) is 0 Å². The van der Waals surface area contributed by atoms with E-state index in [-0.39, 0.29) is 12.0 Å². The fourth-order valence-electron chi connectivity index (χ4n) is 4.13. The van der Waals surface area contributed by atoms with E-state index >= 15 is 0 Å². The molecule has 1 atom stereocenters. The molecule has 166 valence electrons. The second kappa shape index (κ2) is 9.62. The molecule has 2 aliphatic rings. The maximum absolute atomic E-state index is 12.9. The summed E-state index contributed by atoms with van der Waals surface area (Å²) in [5.41, 5.74) is 2.65. The van der Waals surface area contributed by atoms with Crippen molar-refractivity contribution >= 4 is 11.9 Å². The number of amides is 1. The fraction of sp³-hybridized carbons (Fsp3) is 0.522. The van der Waals surface area contributed by atoms with Crippen molar-refractivity contribution in [1.82, 2.24) is 19.8 Å². The monoisotopic (exact) mass is 425 g/mol. The van der Waals surface area contributed by atoms with Crippen LogP contribution < -0.4 is 9.64 Å². The fourth-order valence-corrected chi connectivity index (χ4v) is 4.13. The maximum Gasteiger partial charge on any atom is 0.236 e. The second-order valence-electron chi connectivity index (χ2n) is 8.28. The highest BCUT2D eigenvalue weighted by atomic mass is 16.5. The van der Waals surface area contributed by atoms with E-state index in [9.17, 15) is 4.79 Å². The molecular formula is C23H31N5O3. The summed E-state index contributed by atoms with van der Waals surface area (Å²) in [4.78, 5) is 28.3. The van der Waals surface area contributed by atoms with Crippen molar-refractivity contribution < 1.29 is 14.3 Å². The summed E-state index contributed by atoms with van der Waals surface area (Å²) in [6.07, 6.45) is 3.88. The van der Waals surface area contributed by atoms with Crippen LogP contribution in [-0.4, -0.2) is 86.2 Å². The van der Waals surface area contributed by atoms with E-state index in [1.807, 2.05) is 54.4 Å². The highest BCUT2D eigenvalue weighted by Crippen LogP contribution is 2.33. The number of methoxy groups -OCH3 is 1. The molecule has 1 aromatic heterocycles. The summed E-state index contributed by atoms with van der Waals surface area (Å²) in [5, 5.41) is 0. The number of benzene rings is 1. The van der Waals surface area contributed by atoms with Gasteiger partial charge in [-0.2, -0.15) is 0 Å². The first-order chi connectivity index (χ1) is 15.0. The van der Waals surface area contributed by atoms with Gasteiger partial charge in [-0.15, -0.1) is 0 Å². The topological polar surface area (TPSA) is 71.0 Å². The summed E-state index contributed by atoms with van der Waals surface area (Å²) in [6, 6.07) is 7.84. The standard InChI is InChI=1S/C23H31N5O3/c1-26(2)23-24-14-19(17-7-6-8-18(13-17)30-3)22(25-23)20-15-28(11-12-31-20)21(29)16-27-9-4-5-10-27/h6-8,13-14,20H,4-5,9-12,15-16H2,1-3H3/t20-/m0/s1. The van der Waals surface area contributed by atoms with Crippen LogP contribution in [0.2, 0.25) is 0 Å². The van der Waals surface area contributed by atoms with Crippen molar-refractivity contribution in [2.24, 2.45) is 0 Å². The zero-order valence-corrected chi connectivity index (χ0v) is 18.6. The number of carbonyl (C=O) groups excluding carboxylic acids is 1. The van der Waals surface area contributed by atoms with E-state index in [0.717, 1.165) is 35.7 Å². The van der Waals surface area contributed by atoms with Gasteiger partial charge >= 0.3 is 0 Å². The van der Waals surface area contributed by atoms with E-state index in [1.165, 1.54) is 12.8 Å². The number of ether oxygens (including phenoxy) is 2. The van der Waals surface area contributed by atoms with Crippen molar-refractivity contribution in [2.45, 2.75) is 18.9 Å². The predicted octanol–water partition coefficient (Wildman–Crippen LogP) is 2.21. The quantitative estimate of drug-likeness (QED) is 0.703. The van der Waals surface area contributed by atoms with Crippen LogP contribution in [0, 0.1) is 0 Å². The molecule has 0 radical (unpaired) electrons. The highest BCUT2D eigenvalue weighted by Gasteiger charge is 2.30. The van der Waals surface area contributed by atoms with Crippen LogP contribution in [0.4, 0.5) is 5.95 Å². The van der Waals surface area contributed by atoms with E-state index in [0.29, 0.717) is 32.2 Å². The molecule has 2 aromatic rings. The van der Waals surface area contributed by atoms with Gasteiger partial charge < -0.3 is 19.3 Å². The molecule has 1 amide bonds. The van der Waals surface area contributed by atoms with E-state index in [1.54, 1.807) is 7.11 Å². The summed E-state index contributed by atoms with van der Waals surface area (Å²) >= 11 is 0. The Morgan fingerprint density at radius 2 is 2.06 bits per heavy atom. The first-order valence-corrected chi connectivity index (χ1v) is 10.9. The van der Waals surface area contributed by atoms with Gasteiger partial charge in [-0.25, -0.2) is 9.97 Å². The van der Waals surface area contributed by atoms with Crippen LogP contribution in [-0.2, 0) is 9.53 Å². The smallest absolute Gasteiger partial charge is 0.236 e. The van der Waals surface area contributed by atoms with Gasteiger partial charge in [-0.1, -0.05) is 12.1 Å². The minimum Gasteiger partial charge on any atom is -0.497 e. The number of carbonyl (C=O) groups is 1. The number of likely N-dealkylation sites (tertiary alicyclic amines) is 1. The van der Waals surface area contributed by atoms with Gasteiger partial charge in [0, 0.05) is 32.4 Å². The third-order valence-corrected chi connectivity index (χ3v) is 5.87. The number of anilines is 1. The van der Waals surface area contributed by atoms with E-state index < -0.39 is 0 Å². The maximum atomic E-state index is 12.9. The molecule has 2 fully saturated rings. The SMILES string of the molecule is COc1cccc(-c2cnc(N(C)C)nc2[C@@H]2CN(C(=O)CN3CCCC3)CCO2)c1. The molecule has 2 saturated heterocycles. The Bertz CT molecular complexity index is 914. The minimum atomic E-state index is -0.306. The van der Waals surface area contributed by atoms with Crippen molar-refractivity contribution in [3.8, 4) is 16.9 Å². The molecule has 8 nitrogen and oxygen atoms in total. The third-order valence-electron chi connectivity index (χ3n) is 5.87. The Balaban J connectivity index is 1.61. The van der Waals surface area contributed by atoms with Crippen LogP contribution >= 0.6 is 0 Å². The Morgan fingerprint density at radius 3 is 2.81 bits per heavy atom. The molecule has 0 spiro atoms. The molecule has 0 N–H and O–H groups in total. The number of rotatable bonds is 6. The molecule has 31 heavy (non-hydrogen) atoms. The van der Waals surface area contributed by atoms with Crippen molar-refractivity contribution in [3.05, 3.63) is 36.2 Å². The molecule has 0 unspecified atom stereocenters. The zero-order valence-electron chi connectivity index (χ0n) is 18.6. The molecule has 1 aromatic carbocycles. The van der Waals surface area contributed by atoms with Crippen LogP contribution in [0.3, 0.4) is 0 Å². The second-order valence-corrected chi connectivity index (χ2v) is 8.28. The Hall–Kier alpha value is -2.71. The molecule has 0 aliphatic carbocycles. The van der Waals surface area contributed by atoms with Crippen LogP contribution in [0.5, 0.6) is 5.75 Å². The summed E-state index contributed by atoms with van der Waals surface area (Å²) < 4.78 is 11.5. The Morgan fingerprint density at radius 1 is 1.26 bits per heavy atom. The predicted molar refractivity (Wildman–Crippen MR) is 119 cm³/mol. The first-order valence-electron chi connectivity index (χ1n) is 10.9. The van der Waals surface area contributed by atoms with Gasteiger partial charge in [0.25, 0.3) is 0 Å².